The lowest BCUT2D eigenvalue weighted by atomic mass is 9.39. The van der Waals surface area contributed by atoms with E-state index in [4.69, 9.17) is 12.6 Å². The van der Waals surface area contributed by atoms with Crippen molar-refractivity contribution in [2.75, 3.05) is 0 Å². The van der Waals surface area contributed by atoms with Crippen molar-refractivity contribution < 1.29 is 0 Å². The largest absolute Gasteiger partial charge is 0.181 e. The molecule has 19 heavy (non-hydrogen) atoms. The van der Waals surface area contributed by atoms with Crippen LogP contribution < -0.4 is 0 Å². The second-order valence-corrected chi connectivity index (χ2v) is 9.65. The van der Waals surface area contributed by atoms with Crippen molar-refractivity contribution in [3.05, 3.63) is 0 Å². The van der Waals surface area contributed by atoms with E-state index in [0.717, 1.165) is 11.8 Å². The fraction of sp³-hybridized carbons (Fsp3) is 1.00. The minimum absolute atomic E-state index is 0.0498. The van der Waals surface area contributed by atoms with Gasteiger partial charge in [-0.3, -0.25) is 0 Å². The Kier molecular flexibility index (Phi) is 6.60. The summed E-state index contributed by atoms with van der Waals surface area (Å²) in [6.45, 7) is 23.2. The van der Waals surface area contributed by atoms with Crippen LogP contribution in [0.15, 0.2) is 0 Å². The highest BCUT2D eigenvalue weighted by Gasteiger charge is 2.41. The monoisotopic (exact) mass is 283 g/mol. The molecule has 3 unspecified atom stereocenters. The van der Waals surface area contributed by atoms with Crippen LogP contribution in [0.2, 0.25) is 5.31 Å². The molecule has 1 radical (unpaired) electrons. The Balaban J connectivity index is 4.79. The third-order valence-electron chi connectivity index (χ3n) is 5.31. The van der Waals surface area contributed by atoms with Crippen molar-refractivity contribution in [2.45, 2.75) is 85.6 Å². The predicted octanol–water partition coefficient (Wildman–Crippen LogP) is 5.90. The fourth-order valence-electron chi connectivity index (χ4n) is 2.22. The maximum absolute atomic E-state index is 4.93. The van der Waals surface area contributed by atoms with Crippen LogP contribution in [0.1, 0.15) is 75.7 Å². The summed E-state index contributed by atoms with van der Waals surface area (Å²) in [7, 11) is 2.47. The Morgan fingerprint density at radius 1 is 0.895 bits per heavy atom. The summed E-state index contributed by atoms with van der Waals surface area (Å²) in [6.07, 6.45) is 1.29. The molecule has 0 aromatic heterocycles. The van der Waals surface area contributed by atoms with Gasteiger partial charge in [0.2, 0.25) is 0 Å². The molecule has 0 aliphatic rings. The molecular weight excluding hydrogens is 247 g/mol. The molecule has 0 amide bonds. The van der Waals surface area contributed by atoms with Crippen molar-refractivity contribution in [3.63, 3.8) is 0 Å². The van der Waals surface area contributed by atoms with Crippen LogP contribution in [-0.2, 0) is 0 Å². The van der Waals surface area contributed by atoms with Gasteiger partial charge in [-0.1, -0.05) is 74.6 Å². The van der Waals surface area contributed by atoms with Crippen LogP contribution in [0.5, 0.6) is 0 Å². The van der Waals surface area contributed by atoms with Crippen LogP contribution >= 0.6 is 12.6 Å². The Hall–Kier alpha value is 0.415. The molecule has 113 valence electrons. The smallest absolute Gasteiger partial charge is 0.139 e. The van der Waals surface area contributed by atoms with Gasteiger partial charge in [0.15, 0.2) is 0 Å². The molecule has 0 fully saturated rings. The van der Waals surface area contributed by atoms with Crippen LogP contribution in [0.4, 0.5) is 0 Å². The molecule has 0 aliphatic carbocycles. The normalized spacial score (nSPS) is 20.0. The molecule has 0 nitrogen and oxygen atoms in total. The molecule has 0 saturated carbocycles. The number of thiol groups is 1. The van der Waals surface area contributed by atoms with Gasteiger partial charge in [0.05, 0.1) is 0 Å². The van der Waals surface area contributed by atoms with Crippen molar-refractivity contribution in [3.8, 4) is 0 Å². The lowest BCUT2D eigenvalue weighted by Gasteiger charge is -2.45. The topological polar surface area (TPSA) is 0 Å². The lowest BCUT2D eigenvalue weighted by Crippen LogP contribution is -2.46. The van der Waals surface area contributed by atoms with Crippen LogP contribution in [0.3, 0.4) is 0 Å². The second kappa shape index (κ2) is 6.45. The van der Waals surface area contributed by atoms with Gasteiger partial charge in [-0.2, -0.15) is 12.6 Å². The first-order valence-corrected chi connectivity index (χ1v) is 8.25. The van der Waals surface area contributed by atoms with E-state index in [1.165, 1.54) is 6.42 Å². The molecule has 0 spiro atoms. The lowest BCUT2D eigenvalue weighted by molar-refractivity contribution is 0.283. The fourth-order valence-corrected chi connectivity index (χ4v) is 2.55. The molecular formula is C17H36BS. The Bertz CT molecular complexity index is 273. The summed E-state index contributed by atoms with van der Waals surface area (Å²) >= 11 is 4.93. The van der Waals surface area contributed by atoms with Gasteiger partial charge >= 0.3 is 0 Å². The molecule has 3 atom stereocenters. The van der Waals surface area contributed by atoms with E-state index in [2.05, 4.69) is 76.5 Å². The number of hydrogen-bond acceptors (Lipinski definition) is 1. The van der Waals surface area contributed by atoms with Crippen molar-refractivity contribution in [1.29, 1.82) is 0 Å². The quantitative estimate of drug-likeness (QED) is 0.455. The summed E-state index contributed by atoms with van der Waals surface area (Å²) in [5, 5.41) is 0.215. The summed E-state index contributed by atoms with van der Waals surface area (Å²) in [4.78, 5) is 0. The molecule has 0 N–H and O–H groups in total. The maximum atomic E-state index is 4.93. The highest BCUT2D eigenvalue weighted by Crippen LogP contribution is 2.46. The van der Waals surface area contributed by atoms with Gasteiger partial charge in [-0.05, 0) is 34.2 Å². The van der Waals surface area contributed by atoms with E-state index < -0.39 is 0 Å². The Morgan fingerprint density at radius 2 is 1.32 bits per heavy atom. The van der Waals surface area contributed by atoms with Gasteiger partial charge in [0, 0.05) is 0 Å². The molecule has 0 heterocycles. The van der Waals surface area contributed by atoms with Gasteiger partial charge in [0.1, 0.15) is 7.28 Å². The summed E-state index contributed by atoms with van der Waals surface area (Å²) in [5.74, 6) is 2.23. The van der Waals surface area contributed by atoms with Crippen LogP contribution in [0, 0.1) is 23.2 Å². The first-order valence-electron chi connectivity index (χ1n) is 7.80. The van der Waals surface area contributed by atoms with Gasteiger partial charge < -0.3 is 0 Å². The highest BCUT2D eigenvalue weighted by atomic mass is 32.1. The van der Waals surface area contributed by atoms with E-state index in [0.29, 0.717) is 5.92 Å². The standard InChI is InChI=1S/C17H36BS/c1-12(2)13(3)11-14(4)16(8,9)18-17(10,19)15(5,6)7/h12-14,19H,11H2,1-10H3. The third kappa shape index (κ3) is 5.73. The average Bonchev–Trinajstić information content (AvgIpc) is 2.13. The number of hydrogen-bond donors (Lipinski definition) is 1. The average molecular weight is 283 g/mol. The molecule has 0 aromatic carbocycles. The molecule has 2 heteroatoms. The zero-order valence-corrected chi connectivity index (χ0v) is 15.9. The minimum Gasteiger partial charge on any atom is -0.181 e. The van der Waals surface area contributed by atoms with Crippen molar-refractivity contribution in [2.24, 2.45) is 23.2 Å². The molecule has 0 aliphatic heterocycles. The van der Waals surface area contributed by atoms with E-state index in [1.54, 1.807) is 0 Å². The third-order valence-corrected chi connectivity index (χ3v) is 6.10. The van der Waals surface area contributed by atoms with Crippen molar-refractivity contribution in [1.82, 2.24) is 0 Å². The molecule has 0 saturated heterocycles. The zero-order chi connectivity index (χ0) is 15.6. The van der Waals surface area contributed by atoms with Gasteiger partial charge in [-0.25, -0.2) is 0 Å². The summed E-state index contributed by atoms with van der Waals surface area (Å²) < 4.78 is -0.0498. The Labute approximate surface area is 129 Å². The highest BCUT2D eigenvalue weighted by molar-refractivity contribution is 7.83. The van der Waals surface area contributed by atoms with E-state index in [9.17, 15) is 0 Å². The van der Waals surface area contributed by atoms with Gasteiger partial charge in [-0.15, -0.1) is 0 Å². The van der Waals surface area contributed by atoms with Crippen LogP contribution in [0.25, 0.3) is 0 Å². The molecule has 0 rings (SSSR count). The van der Waals surface area contributed by atoms with Crippen LogP contribution in [-0.4, -0.2) is 11.9 Å². The summed E-state index contributed by atoms with van der Waals surface area (Å²) in [6, 6.07) is 0. The van der Waals surface area contributed by atoms with Gasteiger partial charge in [0.25, 0.3) is 0 Å². The van der Waals surface area contributed by atoms with E-state index in [1.807, 2.05) is 0 Å². The number of rotatable bonds is 6. The van der Waals surface area contributed by atoms with E-state index in [-0.39, 0.29) is 15.4 Å². The molecule has 0 aromatic rings. The predicted molar refractivity (Wildman–Crippen MR) is 94.4 cm³/mol. The second-order valence-electron chi connectivity index (χ2n) is 8.72. The SMILES string of the molecule is CC(C)C(C)CC(C)C(C)(C)[B]C(C)(S)C(C)(C)C. The zero-order valence-electron chi connectivity index (χ0n) is 15.0. The van der Waals surface area contributed by atoms with Crippen molar-refractivity contribution >= 4 is 19.9 Å². The first-order chi connectivity index (χ1) is 8.21. The summed E-state index contributed by atoms with van der Waals surface area (Å²) in [5.41, 5.74) is 0.177. The van der Waals surface area contributed by atoms with E-state index >= 15 is 0 Å². The molecule has 0 bridgehead atoms. The Morgan fingerprint density at radius 3 is 1.63 bits per heavy atom. The minimum atomic E-state index is -0.0498. The first kappa shape index (κ1) is 19.4. The maximum Gasteiger partial charge on any atom is 0.139 e.